The summed E-state index contributed by atoms with van der Waals surface area (Å²) in [5, 5.41) is 8.38. The van der Waals surface area contributed by atoms with Gasteiger partial charge in [-0.1, -0.05) is 0 Å². The van der Waals surface area contributed by atoms with E-state index in [0.717, 1.165) is 18.5 Å². The maximum Gasteiger partial charge on any atom is 0.171 e. The Bertz CT molecular complexity index is 560. The van der Waals surface area contributed by atoms with Gasteiger partial charge in [-0.25, -0.2) is 0 Å². The van der Waals surface area contributed by atoms with E-state index in [0.29, 0.717) is 17.1 Å². The van der Waals surface area contributed by atoms with Crippen LogP contribution in [0.25, 0.3) is 5.65 Å². The maximum absolute atomic E-state index is 10.9. The van der Waals surface area contributed by atoms with Crippen molar-refractivity contribution < 1.29 is 4.79 Å². The summed E-state index contributed by atoms with van der Waals surface area (Å²) in [7, 11) is 0. The third-order valence-corrected chi connectivity index (χ3v) is 4.52. The predicted octanol–water partition coefficient (Wildman–Crippen LogP) is 2.23. The number of rotatable bonds is 3. The highest BCUT2D eigenvalue weighted by Gasteiger charge is 2.17. The van der Waals surface area contributed by atoms with E-state index >= 15 is 0 Å². The lowest BCUT2D eigenvalue weighted by Crippen LogP contribution is -2.14. The van der Waals surface area contributed by atoms with Gasteiger partial charge in [0.25, 0.3) is 0 Å². The van der Waals surface area contributed by atoms with Gasteiger partial charge in [0.15, 0.2) is 11.9 Å². The minimum Gasteiger partial charge on any atom is -0.298 e. The van der Waals surface area contributed by atoms with Crippen LogP contribution in [0.3, 0.4) is 0 Å². The molecule has 18 heavy (non-hydrogen) atoms. The van der Waals surface area contributed by atoms with Crippen LogP contribution in [-0.2, 0) is 6.42 Å². The van der Waals surface area contributed by atoms with Crippen molar-refractivity contribution >= 4 is 23.7 Å². The van der Waals surface area contributed by atoms with Gasteiger partial charge in [-0.15, -0.1) is 10.2 Å². The first-order valence-corrected chi connectivity index (χ1v) is 7.39. The quantitative estimate of drug-likeness (QED) is 0.795. The van der Waals surface area contributed by atoms with Gasteiger partial charge < -0.3 is 0 Å². The lowest BCUT2D eigenvalue weighted by atomic mass is 9.98. The van der Waals surface area contributed by atoms with Crippen LogP contribution in [0.15, 0.2) is 18.3 Å². The van der Waals surface area contributed by atoms with Gasteiger partial charge in [0.1, 0.15) is 5.82 Å². The molecule has 0 N–H and O–H groups in total. The number of fused-ring (bicyclic) bond motifs is 1. The second kappa shape index (κ2) is 5.10. The van der Waals surface area contributed by atoms with Crippen LogP contribution in [0, 0.1) is 5.92 Å². The number of carbonyl (C=O) groups excluding carboxylic acids is 1. The number of pyridine rings is 1. The molecule has 2 aromatic heterocycles. The van der Waals surface area contributed by atoms with Crippen molar-refractivity contribution in [3.05, 3.63) is 29.7 Å². The van der Waals surface area contributed by atoms with Gasteiger partial charge in [0.05, 0.1) is 5.56 Å². The second-order valence-electron chi connectivity index (χ2n) is 4.65. The van der Waals surface area contributed by atoms with Crippen LogP contribution in [0.5, 0.6) is 0 Å². The average Bonchev–Trinajstić information content (AvgIpc) is 2.83. The first-order chi connectivity index (χ1) is 8.88. The van der Waals surface area contributed by atoms with Crippen molar-refractivity contribution in [3.63, 3.8) is 0 Å². The van der Waals surface area contributed by atoms with E-state index in [1.165, 1.54) is 24.3 Å². The highest BCUT2D eigenvalue weighted by molar-refractivity contribution is 7.99. The molecule has 0 unspecified atom stereocenters. The van der Waals surface area contributed by atoms with Crippen LogP contribution >= 0.6 is 11.8 Å². The van der Waals surface area contributed by atoms with Crippen molar-refractivity contribution in [2.45, 2.75) is 19.3 Å². The molecule has 1 aliphatic heterocycles. The molecule has 0 saturated carbocycles. The average molecular weight is 261 g/mol. The molecule has 4 nitrogen and oxygen atoms in total. The van der Waals surface area contributed by atoms with E-state index in [9.17, 15) is 4.79 Å². The third kappa shape index (κ3) is 2.14. The zero-order chi connectivity index (χ0) is 12.4. The molecule has 94 valence electrons. The Hall–Kier alpha value is -1.36. The minimum atomic E-state index is 0.607. The number of hydrogen-bond acceptors (Lipinski definition) is 4. The summed E-state index contributed by atoms with van der Waals surface area (Å²) >= 11 is 2.03. The first kappa shape index (κ1) is 11.7. The first-order valence-electron chi connectivity index (χ1n) is 6.24. The molecule has 0 spiro atoms. The summed E-state index contributed by atoms with van der Waals surface area (Å²) in [6.07, 6.45) is 6.25. The zero-order valence-corrected chi connectivity index (χ0v) is 10.9. The Morgan fingerprint density at radius 3 is 3.00 bits per heavy atom. The summed E-state index contributed by atoms with van der Waals surface area (Å²) in [6, 6.07) is 3.65. The van der Waals surface area contributed by atoms with E-state index in [-0.39, 0.29) is 0 Å². The van der Waals surface area contributed by atoms with Crippen molar-refractivity contribution in [1.82, 2.24) is 14.6 Å². The van der Waals surface area contributed by atoms with Gasteiger partial charge in [0, 0.05) is 12.6 Å². The van der Waals surface area contributed by atoms with E-state index in [4.69, 9.17) is 0 Å². The standard InChI is InChI=1S/C13H15N3OS/c17-9-11-2-1-5-16-12(14-15-13(11)16)8-10-3-6-18-7-4-10/h1-2,5,9-10H,3-4,6-8H2. The van der Waals surface area contributed by atoms with Crippen molar-refractivity contribution in [1.29, 1.82) is 0 Å². The molecule has 0 radical (unpaired) electrons. The normalized spacial score (nSPS) is 17.1. The Kier molecular flexibility index (Phi) is 3.32. The molecule has 5 heteroatoms. The molecule has 0 bridgehead atoms. The van der Waals surface area contributed by atoms with Crippen LogP contribution < -0.4 is 0 Å². The molecule has 1 fully saturated rings. The van der Waals surface area contributed by atoms with Gasteiger partial charge in [-0.3, -0.25) is 9.20 Å². The molecule has 0 aromatic carbocycles. The fourth-order valence-electron chi connectivity index (χ4n) is 2.42. The Morgan fingerprint density at radius 1 is 1.39 bits per heavy atom. The molecule has 2 aromatic rings. The molecule has 1 saturated heterocycles. The maximum atomic E-state index is 10.9. The molecular weight excluding hydrogens is 246 g/mol. The van der Waals surface area contributed by atoms with Crippen molar-refractivity contribution in [2.75, 3.05) is 11.5 Å². The summed E-state index contributed by atoms with van der Waals surface area (Å²) in [6.45, 7) is 0. The number of aromatic nitrogens is 3. The van der Waals surface area contributed by atoms with Crippen LogP contribution in [0.1, 0.15) is 29.0 Å². The monoisotopic (exact) mass is 261 g/mol. The van der Waals surface area contributed by atoms with Crippen LogP contribution in [0.4, 0.5) is 0 Å². The highest BCUT2D eigenvalue weighted by Crippen LogP contribution is 2.25. The fourth-order valence-corrected chi connectivity index (χ4v) is 3.63. The number of aldehydes is 1. The van der Waals surface area contributed by atoms with Gasteiger partial charge in [-0.2, -0.15) is 11.8 Å². The summed E-state index contributed by atoms with van der Waals surface area (Å²) in [5.41, 5.74) is 1.28. The topological polar surface area (TPSA) is 47.3 Å². The SMILES string of the molecule is O=Cc1cccn2c(CC3CCSCC3)nnc12. The molecule has 0 aliphatic carbocycles. The Labute approximate surface area is 110 Å². The fraction of sp³-hybridized carbons (Fsp3) is 0.462. The molecule has 3 rings (SSSR count). The third-order valence-electron chi connectivity index (χ3n) is 3.47. The molecule has 1 aliphatic rings. The number of nitrogens with zero attached hydrogens (tertiary/aromatic N) is 3. The van der Waals surface area contributed by atoms with Crippen LogP contribution in [0.2, 0.25) is 0 Å². The van der Waals surface area contributed by atoms with Gasteiger partial charge in [0.2, 0.25) is 0 Å². The minimum absolute atomic E-state index is 0.607. The number of hydrogen-bond donors (Lipinski definition) is 0. The molecule has 0 amide bonds. The highest BCUT2D eigenvalue weighted by atomic mass is 32.2. The number of carbonyl (C=O) groups is 1. The summed E-state index contributed by atoms with van der Waals surface area (Å²) in [5.74, 6) is 4.19. The largest absolute Gasteiger partial charge is 0.298 e. The summed E-state index contributed by atoms with van der Waals surface area (Å²) < 4.78 is 1.95. The summed E-state index contributed by atoms with van der Waals surface area (Å²) in [4.78, 5) is 10.9. The van der Waals surface area contributed by atoms with Gasteiger partial charge >= 0.3 is 0 Å². The van der Waals surface area contributed by atoms with E-state index < -0.39 is 0 Å². The predicted molar refractivity (Wildman–Crippen MR) is 72.1 cm³/mol. The number of thioether (sulfide) groups is 1. The molecule has 0 atom stereocenters. The van der Waals surface area contributed by atoms with Crippen LogP contribution in [-0.4, -0.2) is 32.4 Å². The smallest absolute Gasteiger partial charge is 0.171 e. The van der Waals surface area contributed by atoms with E-state index in [1.807, 2.05) is 28.4 Å². The lowest BCUT2D eigenvalue weighted by molar-refractivity contribution is 0.112. The Morgan fingerprint density at radius 2 is 2.22 bits per heavy atom. The van der Waals surface area contributed by atoms with E-state index in [1.54, 1.807) is 6.07 Å². The zero-order valence-electron chi connectivity index (χ0n) is 10.1. The molecular formula is C13H15N3OS. The molecule has 3 heterocycles. The Balaban J connectivity index is 1.90. The van der Waals surface area contributed by atoms with Gasteiger partial charge in [-0.05, 0) is 42.4 Å². The van der Waals surface area contributed by atoms with E-state index in [2.05, 4.69) is 10.2 Å². The second-order valence-corrected chi connectivity index (χ2v) is 5.88. The lowest BCUT2D eigenvalue weighted by Gasteiger charge is -2.20. The van der Waals surface area contributed by atoms with Crippen molar-refractivity contribution in [2.24, 2.45) is 5.92 Å². The van der Waals surface area contributed by atoms with Crippen molar-refractivity contribution in [3.8, 4) is 0 Å².